The van der Waals surface area contributed by atoms with Crippen LogP contribution in [0.25, 0.3) is 0 Å². The van der Waals surface area contributed by atoms with Gasteiger partial charge in [0, 0.05) is 28.1 Å². The first-order valence-electron chi connectivity index (χ1n) is 6.49. The van der Waals surface area contributed by atoms with Crippen molar-refractivity contribution in [2.45, 2.75) is 20.4 Å². The second-order valence-corrected chi connectivity index (χ2v) is 5.23. The summed E-state index contributed by atoms with van der Waals surface area (Å²) in [6, 6.07) is 8.48. The first kappa shape index (κ1) is 16.1. The molecule has 1 rings (SSSR count). The van der Waals surface area contributed by atoms with E-state index in [4.69, 9.17) is 9.26 Å². The fourth-order valence-corrected chi connectivity index (χ4v) is 2.11. The maximum atomic E-state index is 11.0. The van der Waals surface area contributed by atoms with Gasteiger partial charge in [0.15, 0.2) is 0 Å². The van der Waals surface area contributed by atoms with Gasteiger partial charge in [0.1, 0.15) is 6.61 Å². The van der Waals surface area contributed by atoms with Crippen molar-refractivity contribution in [3.63, 3.8) is 0 Å². The lowest BCUT2D eigenvalue weighted by atomic mass is 10.1. The zero-order chi connectivity index (χ0) is 13.9. The first-order valence-corrected chi connectivity index (χ1v) is 7.60. The molecule has 0 heterocycles. The van der Waals surface area contributed by atoms with Gasteiger partial charge in [-0.2, -0.15) is 0 Å². The molecule has 5 heteroatoms. The molecule has 0 aliphatic rings. The maximum Gasteiger partial charge on any atom is 0.332 e. The molecule has 0 spiro atoms. The summed E-state index contributed by atoms with van der Waals surface area (Å²) in [7, 11) is 0.332. The largest absolute Gasteiger partial charge is 0.464 e. The van der Waals surface area contributed by atoms with Gasteiger partial charge in [-0.1, -0.05) is 29.8 Å². The lowest BCUT2D eigenvalue weighted by Gasteiger charge is -2.06. The van der Waals surface area contributed by atoms with Crippen LogP contribution in [0.2, 0.25) is 0 Å². The minimum Gasteiger partial charge on any atom is -0.464 e. The fourth-order valence-electron chi connectivity index (χ4n) is 1.46. The van der Waals surface area contributed by atoms with Crippen LogP contribution in [-0.2, 0) is 20.6 Å². The number of benzene rings is 1. The van der Waals surface area contributed by atoms with E-state index in [2.05, 4.69) is 36.5 Å². The molecule has 0 amide bonds. The van der Waals surface area contributed by atoms with E-state index < -0.39 is 0 Å². The third-order valence-corrected chi connectivity index (χ3v) is 3.25. The van der Waals surface area contributed by atoms with Crippen LogP contribution in [0, 0.1) is 6.92 Å². The summed E-state index contributed by atoms with van der Waals surface area (Å²) in [6.07, 6.45) is 0.908. The molecular weight excluding hydrogens is 261 g/mol. The lowest BCUT2D eigenvalue weighted by molar-refractivity contribution is -0.145. The van der Waals surface area contributed by atoms with Crippen LogP contribution in [0.5, 0.6) is 0 Å². The molecule has 19 heavy (non-hydrogen) atoms. The molecule has 0 fully saturated rings. The molecule has 1 aromatic rings. The Morgan fingerprint density at radius 3 is 2.74 bits per heavy atom. The summed E-state index contributed by atoms with van der Waals surface area (Å²) in [6.45, 7) is 6.08. The van der Waals surface area contributed by atoms with Gasteiger partial charge in [0.2, 0.25) is 0 Å². The van der Waals surface area contributed by atoms with Crippen LogP contribution in [0.3, 0.4) is 0 Å². The number of carbonyl (C=O) groups excluding carboxylic acids is 1. The Morgan fingerprint density at radius 2 is 2.05 bits per heavy atom. The first-order chi connectivity index (χ1) is 9.22. The van der Waals surface area contributed by atoms with Crippen molar-refractivity contribution in [2.24, 2.45) is 0 Å². The average Bonchev–Trinajstić information content (AvgIpc) is 2.40. The van der Waals surface area contributed by atoms with Crippen molar-refractivity contribution in [3.05, 3.63) is 35.4 Å². The number of hydrogen-bond donors (Lipinski definition) is 1. The van der Waals surface area contributed by atoms with E-state index in [1.165, 1.54) is 11.1 Å². The van der Waals surface area contributed by atoms with Crippen LogP contribution in [-0.4, -0.2) is 31.9 Å². The van der Waals surface area contributed by atoms with Gasteiger partial charge in [0.25, 0.3) is 0 Å². The summed E-state index contributed by atoms with van der Waals surface area (Å²) in [5.41, 5.74) is 2.55. The number of rotatable bonds is 9. The Bertz CT molecular complexity index is 367. The minimum absolute atomic E-state index is 0.0598. The van der Waals surface area contributed by atoms with Gasteiger partial charge in [-0.3, -0.25) is 0 Å². The summed E-state index contributed by atoms with van der Waals surface area (Å²) in [5.74, 6) is -0.289. The predicted octanol–water partition coefficient (Wildman–Crippen LogP) is 2.26. The highest BCUT2D eigenvalue weighted by Gasteiger charge is 2.00. The predicted molar refractivity (Wildman–Crippen MR) is 78.7 cm³/mol. The van der Waals surface area contributed by atoms with E-state index in [-0.39, 0.29) is 12.6 Å². The van der Waals surface area contributed by atoms with E-state index in [0.29, 0.717) is 15.4 Å². The standard InChI is InChI=1S/C14H22NO3P/c1-3-17-14(16)11-18-19-9-8-15-10-13-6-4-12(2)5-7-13/h4-7,15,19H,3,8-11H2,1-2H3. The molecule has 0 saturated heterocycles. The second kappa shape index (κ2) is 9.90. The quantitative estimate of drug-likeness (QED) is 0.429. The average molecular weight is 283 g/mol. The number of aryl methyl sites for hydroxylation is 1. The molecule has 0 aliphatic heterocycles. The Kier molecular flexibility index (Phi) is 8.39. The number of esters is 1. The van der Waals surface area contributed by atoms with Gasteiger partial charge in [0.05, 0.1) is 6.61 Å². The summed E-state index contributed by atoms with van der Waals surface area (Å²) < 4.78 is 9.99. The highest BCUT2D eigenvalue weighted by molar-refractivity contribution is 7.32. The topological polar surface area (TPSA) is 47.6 Å². The molecule has 0 aromatic heterocycles. The molecular formula is C14H22NO3P. The van der Waals surface area contributed by atoms with E-state index in [9.17, 15) is 4.79 Å². The van der Waals surface area contributed by atoms with Crippen molar-refractivity contribution in [3.8, 4) is 0 Å². The van der Waals surface area contributed by atoms with Gasteiger partial charge in [-0.25, -0.2) is 4.79 Å². The fraction of sp³-hybridized carbons (Fsp3) is 0.500. The van der Waals surface area contributed by atoms with Crippen molar-refractivity contribution in [1.82, 2.24) is 5.32 Å². The van der Waals surface area contributed by atoms with Gasteiger partial charge >= 0.3 is 5.97 Å². The van der Waals surface area contributed by atoms with E-state index >= 15 is 0 Å². The minimum atomic E-state index is -0.289. The maximum absolute atomic E-state index is 11.0. The second-order valence-electron chi connectivity index (χ2n) is 4.15. The number of carbonyl (C=O) groups is 1. The van der Waals surface area contributed by atoms with Crippen LogP contribution >= 0.6 is 8.81 Å². The van der Waals surface area contributed by atoms with Gasteiger partial charge in [-0.15, -0.1) is 0 Å². The zero-order valence-corrected chi connectivity index (χ0v) is 12.6. The smallest absolute Gasteiger partial charge is 0.332 e. The van der Waals surface area contributed by atoms with Gasteiger partial charge in [-0.05, 0) is 19.4 Å². The molecule has 1 atom stereocenters. The van der Waals surface area contributed by atoms with Crippen LogP contribution in [0.1, 0.15) is 18.1 Å². The molecule has 0 aliphatic carbocycles. The molecule has 106 valence electrons. The van der Waals surface area contributed by atoms with Crippen molar-refractivity contribution in [1.29, 1.82) is 0 Å². The zero-order valence-electron chi connectivity index (χ0n) is 11.6. The third kappa shape index (κ3) is 7.93. The Morgan fingerprint density at radius 1 is 1.32 bits per heavy atom. The molecule has 0 bridgehead atoms. The lowest BCUT2D eigenvalue weighted by Crippen LogP contribution is -2.16. The van der Waals surface area contributed by atoms with Crippen LogP contribution in [0.15, 0.2) is 24.3 Å². The summed E-state index contributed by atoms with van der Waals surface area (Å²) in [5, 5.41) is 3.35. The molecule has 1 unspecified atom stereocenters. The van der Waals surface area contributed by atoms with Crippen molar-refractivity contribution >= 4 is 14.8 Å². The molecule has 1 aromatic carbocycles. The molecule has 1 N–H and O–H groups in total. The Hall–Kier alpha value is -0.960. The normalized spacial score (nSPS) is 11.1. The van der Waals surface area contributed by atoms with Crippen molar-refractivity contribution < 1.29 is 14.1 Å². The van der Waals surface area contributed by atoms with E-state index in [1.54, 1.807) is 6.92 Å². The third-order valence-electron chi connectivity index (χ3n) is 2.45. The van der Waals surface area contributed by atoms with Crippen LogP contribution < -0.4 is 5.32 Å². The summed E-state index contributed by atoms with van der Waals surface area (Å²) >= 11 is 0. The highest BCUT2D eigenvalue weighted by atomic mass is 31.1. The molecule has 4 nitrogen and oxygen atoms in total. The number of ether oxygens (including phenoxy) is 1. The summed E-state index contributed by atoms with van der Waals surface area (Å²) in [4.78, 5) is 11.0. The number of hydrogen-bond acceptors (Lipinski definition) is 4. The Balaban J connectivity index is 1.96. The van der Waals surface area contributed by atoms with E-state index in [0.717, 1.165) is 19.3 Å². The van der Waals surface area contributed by atoms with Crippen molar-refractivity contribution in [2.75, 3.05) is 25.9 Å². The highest BCUT2D eigenvalue weighted by Crippen LogP contribution is 2.10. The van der Waals surface area contributed by atoms with E-state index in [1.807, 2.05) is 0 Å². The molecule has 0 saturated carbocycles. The SMILES string of the molecule is CCOC(=O)COPCCNCc1ccc(C)cc1. The monoisotopic (exact) mass is 283 g/mol. The molecule has 0 radical (unpaired) electrons. The Labute approximate surface area is 116 Å². The number of nitrogens with one attached hydrogen (secondary N) is 1. The van der Waals surface area contributed by atoms with Gasteiger partial charge < -0.3 is 14.6 Å². The van der Waals surface area contributed by atoms with Crippen LogP contribution in [0.4, 0.5) is 0 Å².